The lowest BCUT2D eigenvalue weighted by Gasteiger charge is -2.33. The van der Waals surface area contributed by atoms with Crippen molar-refractivity contribution in [2.45, 2.75) is 13.0 Å². The first-order valence-electron chi connectivity index (χ1n) is 8.60. The normalized spacial score (nSPS) is 16.1. The minimum Gasteiger partial charge on any atom is -0.348 e. The predicted octanol–water partition coefficient (Wildman–Crippen LogP) is 0.866. The highest BCUT2D eigenvalue weighted by atomic mass is 16.5. The number of likely N-dealkylation sites (N-methyl/N-ethyl adjacent to an activating group) is 1. The molecule has 0 saturated carbocycles. The van der Waals surface area contributed by atoms with Crippen LogP contribution in [0.25, 0.3) is 0 Å². The molecule has 25 heavy (non-hydrogen) atoms. The summed E-state index contributed by atoms with van der Waals surface area (Å²) in [7, 11) is 3.59. The molecule has 134 valence electrons. The minimum atomic E-state index is 0.149. The molecule has 1 aliphatic rings. The Morgan fingerprint density at radius 3 is 2.48 bits per heavy atom. The molecule has 0 bridgehead atoms. The average molecular weight is 343 g/mol. The van der Waals surface area contributed by atoms with Gasteiger partial charge in [0.05, 0.1) is 13.1 Å². The first-order valence-corrected chi connectivity index (χ1v) is 8.60. The van der Waals surface area contributed by atoms with Crippen molar-refractivity contribution in [2.24, 2.45) is 0 Å². The Balaban J connectivity index is 1.46. The highest BCUT2D eigenvalue weighted by molar-refractivity contribution is 5.77. The Labute approximate surface area is 148 Å². The number of aromatic nitrogens is 2. The molecule has 2 aromatic rings. The average Bonchev–Trinajstić information content (AvgIpc) is 3.04. The van der Waals surface area contributed by atoms with Gasteiger partial charge in [0.25, 0.3) is 0 Å². The molecular formula is C18H25N5O2. The van der Waals surface area contributed by atoms with Crippen molar-refractivity contribution in [3.63, 3.8) is 0 Å². The number of carbonyl (C=O) groups excluding carboxylic acids is 1. The molecule has 0 atom stereocenters. The van der Waals surface area contributed by atoms with Crippen LogP contribution in [0.2, 0.25) is 0 Å². The largest absolute Gasteiger partial charge is 0.348 e. The van der Waals surface area contributed by atoms with E-state index in [9.17, 15) is 4.79 Å². The van der Waals surface area contributed by atoms with E-state index >= 15 is 0 Å². The SMILES string of the molecule is CN(C)C(=O)CN1CCN(Cc2nc(Cc3ccccc3)no2)CC1. The van der Waals surface area contributed by atoms with Gasteiger partial charge in [-0.25, -0.2) is 0 Å². The summed E-state index contributed by atoms with van der Waals surface area (Å²) in [4.78, 5) is 22.4. The molecule has 3 rings (SSSR count). The summed E-state index contributed by atoms with van der Waals surface area (Å²) in [5.74, 6) is 1.52. The zero-order valence-corrected chi connectivity index (χ0v) is 14.9. The molecular weight excluding hydrogens is 318 g/mol. The van der Waals surface area contributed by atoms with Crippen LogP contribution in [0, 0.1) is 0 Å². The summed E-state index contributed by atoms with van der Waals surface area (Å²) in [6.45, 7) is 4.71. The number of nitrogens with zero attached hydrogens (tertiary/aromatic N) is 5. The summed E-state index contributed by atoms with van der Waals surface area (Å²) in [6.07, 6.45) is 0.685. The highest BCUT2D eigenvalue weighted by Crippen LogP contribution is 2.10. The molecule has 0 spiro atoms. The maximum atomic E-state index is 11.8. The molecule has 0 unspecified atom stereocenters. The molecule has 1 aromatic heterocycles. The Morgan fingerprint density at radius 1 is 1.12 bits per heavy atom. The monoisotopic (exact) mass is 343 g/mol. The van der Waals surface area contributed by atoms with E-state index in [0.29, 0.717) is 25.4 Å². The number of hydrogen-bond acceptors (Lipinski definition) is 6. The van der Waals surface area contributed by atoms with Crippen LogP contribution in [0.1, 0.15) is 17.3 Å². The lowest BCUT2D eigenvalue weighted by atomic mass is 10.1. The number of amides is 1. The van der Waals surface area contributed by atoms with Crippen LogP contribution in [0.15, 0.2) is 34.9 Å². The molecule has 1 saturated heterocycles. The quantitative estimate of drug-likeness (QED) is 0.775. The van der Waals surface area contributed by atoms with Crippen LogP contribution in [0.4, 0.5) is 0 Å². The fourth-order valence-corrected chi connectivity index (χ4v) is 2.83. The summed E-state index contributed by atoms with van der Waals surface area (Å²) in [6, 6.07) is 10.1. The molecule has 2 heterocycles. The van der Waals surface area contributed by atoms with Gasteiger partial charge >= 0.3 is 0 Å². The summed E-state index contributed by atoms with van der Waals surface area (Å²) >= 11 is 0. The molecule has 0 aliphatic carbocycles. The molecule has 1 aliphatic heterocycles. The number of piperazine rings is 1. The van der Waals surface area contributed by atoms with Crippen molar-refractivity contribution < 1.29 is 9.32 Å². The van der Waals surface area contributed by atoms with E-state index in [1.807, 2.05) is 18.2 Å². The number of rotatable bonds is 6. The smallest absolute Gasteiger partial charge is 0.240 e. The molecule has 0 N–H and O–H groups in total. The first-order chi connectivity index (χ1) is 12.1. The first kappa shape index (κ1) is 17.6. The molecule has 7 nitrogen and oxygen atoms in total. The van der Waals surface area contributed by atoms with Gasteiger partial charge in [0.2, 0.25) is 11.8 Å². The van der Waals surface area contributed by atoms with Crippen molar-refractivity contribution >= 4 is 5.91 Å². The second-order valence-corrected chi connectivity index (χ2v) is 6.61. The van der Waals surface area contributed by atoms with Crippen molar-refractivity contribution in [3.8, 4) is 0 Å². The topological polar surface area (TPSA) is 65.7 Å². The van der Waals surface area contributed by atoms with Gasteiger partial charge in [0.1, 0.15) is 0 Å². The van der Waals surface area contributed by atoms with E-state index in [-0.39, 0.29) is 5.91 Å². The van der Waals surface area contributed by atoms with E-state index < -0.39 is 0 Å². The Morgan fingerprint density at radius 2 is 1.80 bits per heavy atom. The second-order valence-electron chi connectivity index (χ2n) is 6.61. The van der Waals surface area contributed by atoms with Crippen molar-refractivity contribution in [3.05, 3.63) is 47.6 Å². The van der Waals surface area contributed by atoms with Gasteiger partial charge in [0.15, 0.2) is 5.82 Å². The maximum absolute atomic E-state index is 11.8. The van der Waals surface area contributed by atoms with Crippen LogP contribution < -0.4 is 0 Å². The van der Waals surface area contributed by atoms with Crippen LogP contribution in [-0.4, -0.2) is 77.6 Å². The van der Waals surface area contributed by atoms with Crippen LogP contribution in [-0.2, 0) is 17.8 Å². The lowest BCUT2D eigenvalue weighted by molar-refractivity contribution is -0.130. The van der Waals surface area contributed by atoms with Gasteiger partial charge in [0, 0.05) is 46.7 Å². The van der Waals surface area contributed by atoms with Gasteiger partial charge < -0.3 is 9.42 Å². The van der Waals surface area contributed by atoms with E-state index in [2.05, 4.69) is 32.1 Å². The number of benzene rings is 1. The summed E-state index contributed by atoms with van der Waals surface area (Å²) in [5, 5.41) is 4.08. The van der Waals surface area contributed by atoms with Crippen LogP contribution in [0.3, 0.4) is 0 Å². The van der Waals surface area contributed by atoms with Gasteiger partial charge in [-0.1, -0.05) is 35.5 Å². The fourth-order valence-electron chi connectivity index (χ4n) is 2.83. The summed E-state index contributed by atoms with van der Waals surface area (Å²) < 4.78 is 5.39. The second kappa shape index (κ2) is 8.22. The Bertz CT molecular complexity index is 678. The van der Waals surface area contributed by atoms with Gasteiger partial charge in [-0.2, -0.15) is 4.98 Å². The van der Waals surface area contributed by atoms with Crippen LogP contribution in [0.5, 0.6) is 0 Å². The van der Waals surface area contributed by atoms with Crippen molar-refractivity contribution in [1.82, 2.24) is 24.8 Å². The summed E-state index contributed by atoms with van der Waals surface area (Å²) in [5.41, 5.74) is 1.18. The Hall–Kier alpha value is -2.25. The molecule has 1 aromatic carbocycles. The molecule has 7 heteroatoms. The van der Waals surface area contributed by atoms with Crippen molar-refractivity contribution in [2.75, 3.05) is 46.8 Å². The van der Waals surface area contributed by atoms with E-state index in [1.165, 1.54) is 5.56 Å². The molecule has 1 fully saturated rings. The Kier molecular flexibility index (Phi) is 5.78. The lowest BCUT2D eigenvalue weighted by Crippen LogP contribution is -2.48. The van der Waals surface area contributed by atoms with Gasteiger partial charge in [-0.3, -0.25) is 14.6 Å². The third kappa shape index (κ3) is 5.11. The van der Waals surface area contributed by atoms with Crippen LogP contribution >= 0.6 is 0 Å². The third-order valence-electron chi connectivity index (χ3n) is 4.40. The zero-order valence-electron chi connectivity index (χ0n) is 14.9. The fraction of sp³-hybridized carbons (Fsp3) is 0.500. The molecule has 0 radical (unpaired) electrons. The van der Waals surface area contributed by atoms with E-state index in [0.717, 1.165) is 32.0 Å². The minimum absolute atomic E-state index is 0.149. The van der Waals surface area contributed by atoms with Crippen molar-refractivity contribution in [1.29, 1.82) is 0 Å². The predicted molar refractivity (Wildman–Crippen MR) is 94.0 cm³/mol. The third-order valence-corrected chi connectivity index (χ3v) is 4.40. The zero-order chi connectivity index (χ0) is 17.6. The van der Waals surface area contributed by atoms with E-state index in [1.54, 1.807) is 19.0 Å². The van der Waals surface area contributed by atoms with E-state index in [4.69, 9.17) is 4.52 Å². The maximum Gasteiger partial charge on any atom is 0.240 e. The van der Waals surface area contributed by atoms with Gasteiger partial charge in [-0.15, -0.1) is 0 Å². The number of carbonyl (C=O) groups is 1. The van der Waals surface area contributed by atoms with Gasteiger partial charge in [-0.05, 0) is 5.56 Å². The highest BCUT2D eigenvalue weighted by Gasteiger charge is 2.21. The molecule has 1 amide bonds. The number of hydrogen-bond donors (Lipinski definition) is 0. The standard InChI is InChI=1S/C18H25N5O2/c1-21(2)18(24)14-23-10-8-22(9-11-23)13-17-19-16(20-25-17)12-15-6-4-3-5-7-15/h3-7H,8-14H2,1-2H3.